The molecule has 31 heavy (non-hydrogen) atoms. The van der Waals surface area contributed by atoms with Gasteiger partial charge in [-0.3, -0.25) is 25.2 Å². The number of benzene rings is 2. The fourth-order valence-corrected chi connectivity index (χ4v) is 2.64. The second kappa shape index (κ2) is 10.7. The molecule has 0 saturated carbocycles. The second-order valence-electron chi connectivity index (χ2n) is 6.42. The molecule has 1 unspecified atom stereocenters. The van der Waals surface area contributed by atoms with Crippen molar-refractivity contribution < 1.29 is 32.3 Å². The van der Waals surface area contributed by atoms with E-state index >= 15 is 0 Å². The highest BCUT2D eigenvalue weighted by Crippen LogP contribution is 2.31. The summed E-state index contributed by atoms with van der Waals surface area (Å²) in [5, 5.41) is 3.11. The molecule has 166 valence electrons. The van der Waals surface area contributed by atoms with Gasteiger partial charge in [0.1, 0.15) is 5.75 Å². The van der Waals surface area contributed by atoms with Gasteiger partial charge in [-0.2, -0.15) is 13.2 Å². The lowest BCUT2D eigenvalue weighted by Gasteiger charge is -2.18. The Morgan fingerprint density at radius 3 is 2.29 bits per heavy atom. The van der Waals surface area contributed by atoms with Gasteiger partial charge in [-0.1, -0.05) is 29.8 Å². The van der Waals surface area contributed by atoms with Gasteiger partial charge >= 0.3 is 6.18 Å². The molecule has 0 aliphatic heterocycles. The number of rotatable bonds is 7. The number of hydrazine groups is 1. The van der Waals surface area contributed by atoms with Crippen molar-refractivity contribution in [2.45, 2.75) is 25.6 Å². The van der Waals surface area contributed by atoms with Gasteiger partial charge in [0.2, 0.25) is 11.8 Å². The van der Waals surface area contributed by atoms with E-state index in [-0.39, 0.29) is 18.1 Å². The van der Waals surface area contributed by atoms with Crippen molar-refractivity contribution in [1.29, 1.82) is 0 Å². The molecule has 0 aliphatic rings. The normalized spacial score (nSPS) is 11.9. The van der Waals surface area contributed by atoms with Crippen LogP contribution in [0.1, 0.15) is 30.5 Å². The first kappa shape index (κ1) is 24.0. The van der Waals surface area contributed by atoms with E-state index in [1.165, 1.54) is 13.0 Å². The van der Waals surface area contributed by atoms with Crippen molar-refractivity contribution in [1.82, 2.24) is 16.2 Å². The lowest BCUT2D eigenvalue weighted by molar-refractivity contribution is -0.137. The van der Waals surface area contributed by atoms with E-state index in [0.717, 1.165) is 18.2 Å². The monoisotopic (exact) mass is 457 g/mol. The van der Waals surface area contributed by atoms with Gasteiger partial charge in [0.05, 0.1) is 18.0 Å². The molecular formula is C20H19ClF3N3O4. The molecule has 2 aromatic rings. The zero-order valence-electron chi connectivity index (χ0n) is 16.3. The maximum Gasteiger partial charge on any atom is 0.416 e. The first-order valence-corrected chi connectivity index (χ1v) is 9.32. The Kier molecular flexibility index (Phi) is 8.26. The minimum Gasteiger partial charge on any atom is -0.484 e. The Morgan fingerprint density at radius 1 is 1.03 bits per heavy atom. The molecule has 0 aliphatic carbocycles. The third-order valence-corrected chi connectivity index (χ3v) is 4.16. The lowest BCUT2D eigenvalue weighted by atomic mass is 10.0. The largest absolute Gasteiger partial charge is 0.484 e. The molecule has 0 heterocycles. The fourth-order valence-electron chi connectivity index (χ4n) is 2.52. The zero-order chi connectivity index (χ0) is 23.0. The smallest absolute Gasteiger partial charge is 0.416 e. The molecule has 3 amide bonds. The third-order valence-electron chi connectivity index (χ3n) is 3.91. The van der Waals surface area contributed by atoms with E-state index in [0.29, 0.717) is 10.6 Å². The molecular weight excluding hydrogens is 439 g/mol. The molecule has 1 atom stereocenters. The summed E-state index contributed by atoms with van der Waals surface area (Å²) in [6.45, 7) is 0.682. The van der Waals surface area contributed by atoms with Gasteiger partial charge in [-0.05, 0) is 35.9 Å². The van der Waals surface area contributed by atoms with Crippen molar-refractivity contribution in [3.8, 4) is 5.75 Å². The van der Waals surface area contributed by atoms with Crippen LogP contribution in [0, 0.1) is 0 Å². The summed E-state index contributed by atoms with van der Waals surface area (Å²) in [5.41, 5.74) is 3.98. The van der Waals surface area contributed by atoms with Crippen LogP contribution in [-0.2, 0) is 20.6 Å². The zero-order valence-corrected chi connectivity index (χ0v) is 17.0. The Morgan fingerprint density at radius 2 is 1.68 bits per heavy atom. The van der Waals surface area contributed by atoms with Crippen LogP contribution in [0.2, 0.25) is 5.02 Å². The summed E-state index contributed by atoms with van der Waals surface area (Å²) in [7, 11) is 0. The Bertz CT molecular complexity index is 936. The van der Waals surface area contributed by atoms with E-state index in [2.05, 4.69) is 16.2 Å². The molecule has 2 aromatic carbocycles. The van der Waals surface area contributed by atoms with E-state index in [1.54, 1.807) is 24.3 Å². The van der Waals surface area contributed by atoms with Crippen LogP contribution >= 0.6 is 11.6 Å². The summed E-state index contributed by atoms with van der Waals surface area (Å²) in [6.07, 6.45) is -4.72. The quantitative estimate of drug-likeness (QED) is 0.556. The van der Waals surface area contributed by atoms with E-state index in [4.69, 9.17) is 16.3 Å². The Labute approximate surface area is 180 Å². The molecule has 0 fully saturated rings. The van der Waals surface area contributed by atoms with Crippen LogP contribution in [0.5, 0.6) is 5.75 Å². The average Bonchev–Trinajstić information content (AvgIpc) is 2.70. The third kappa shape index (κ3) is 8.17. The van der Waals surface area contributed by atoms with Crippen molar-refractivity contribution in [3.05, 3.63) is 64.7 Å². The average molecular weight is 458 g/mol. The van der Waals surface area contributed by atoms with Crippen LogP contribution in [0.4, 0.5) is 13.2 Å². The highest BCUT2D eigenvalue weighted by atomic mass is 35.5. The first-order chi connectivity index (χ1) is 14.5. The first-order valence-electron chi connectivity index (χ1n) is 8.95. The predicted octanol–water partition coefficient (Wildman–Crippen LogP) is 3.15. The number of hydrogen-bond donors (Lipinski definition) is 3. The Hall–Kier alpha value is -3.27. The predicted molar refractivity (Wildman–Crippen MR) is 106 cm³/mol. The minimum absolute atomic E-state index is 0.148. The number of carbonyl (C=O) groups excluding carboxylic acids is 3. The number of hydrogen-bond acceptors (Lipinski definition) is 4. The highest BCUT2D eigenvalue weighted by Gasteiger charge is 2.30. The van der Waals surface area contributed by atoms with Crippen LogP contribution in [0.25, 0.3) is 0 Å². The SMILES string of the molecule is CC(=O)NC(CC(=O)NNC(=O)COc1cccc(C(F)(F)F)c1)c1ccc(Cl)cc1. The van der Waals surface area contributed by atoms with Crippen LogP contribution < -0.4 is 20.9 Å². The molecule has 0 saturated heterocycles. The number of halogens is 4. The summed E-state index contributed by atoms with van der Waals surface area (Å²) in [4.78, 5) is 35.4. The molecule has 0 bridgehead atoms. The lowest BCUT2D eigenvalue weighted by Crippen LogP contribution is -2.45. The Balaban J connectivity index is 1.85. The highest BCUT2D eigenvalue weighted by molar-refractivity contribution is 6.30. The minimum atomic E-state index is -4.54. The summed E-state index contributed by atoms with van der Waals surface area (Å²) < 4.78 is 43.1. The van der Waals surface area contributed by atoms with Crippen LogP contribution in [0.15, 0.2) is 48.5 Å². The number of amides is 3. The van der Waals surface area contributed by atoms with Gasteiger partial charge in [0.25, 0.3) is 5.91 Å². The molecule has 0 radical (unpaired) electrons. The molecule has 11 heteroatoms. The van der Waals surface area contributed by atoms with Crippen molar-refractivity contribution in [3.63, 3.8) is 0 Å². The van der Waals surface area contributed by atoms with Crippen LogP contribution in [-0.4, -0.2) is 24.3 Å². The van der Waals surface area contributed by atoms with Crippen molar-refractivity contribution in [2.75, 3.05) is 6.61 Å². The van der Waals surface area contributed by atoms with E-state index < -0.39 is 36.2 Å². The van der Waals surface area contributed by atoms with E-state index in [1.807, 2.05) is 0 Å². The van der Waals surface area contributed by atoms with Crippen molar-refractivity contribution in [2.24, 2.45) is 0 Å². The summed E-state index contributed by atoms with van der Waals surface area (Å²) in [6, 6.07) is 9.91. The molecule has 2 rings (SSSR count). The molecule has 7 nitrogen and oxygen atoms in total. The number of nitrogens with one attached hydrogen (secondary N) is 3. The van der Waals surface area contributed by atoms with Gasteiger partial charge in [0, 0.05) is 11.9 Å². The van der Waals surface area contributed by atoms with Gasteiger partial charge in [0.15, 0.2) is 6.61 Å². The number of ether oxygens (including phenoxy) is 1. The van der Waals surface area contributed by atoms with Gasteiger partial charge in [-0.25, -0.2) is 0 Å². The maximum absolute atomic E-state index is 12.7. The number of carbonyl (C=O) groups is 3. The molecule has 0 aromatic heterocycles. The van der Waals surface area contributed by atoms with Gasteiger partial charge in [-0.15, -0.1) is 0 Å². The fraction of sp³-hybridized carbons (Fsp3) is 0.250. The van der Waals surface area contributed by atoms with E-state index in [9.17, 15) is 27.6 Å². The summed E-state index contributed by atoms with van der Waals surface area (Å²) in [5.74, 6) is -1.90. The molecule has 3 N–H and O–H groups in total. The summed E-state index contributed by atoms with van der Waals surface area (Å²) >= 11 is 5.84. The number of alkyl halides is 3. The standard InChI is InChI=1S/C20H19ClF3N3O4/c1-12(28)25-17(13-5-7-15(21)8-6-13)10-18(29)26-27-19(30)11-31-16-4-2-3-14(9-16)20(22,23)24/h2-9,17H,10-11H2,1H3,(H,25,28)(H,26,29)(H,27,30). The van der Waals surface area contributed by atoms with Crippen LogP contribution in [0.3, 0.4) is 0 Å². The van der Waals surface area contributed by atoms with Crippen molar-refractivity contribution >= 4 is 29.3 Å². The molecule has 0 spiro atoms. The topological polar surface area (TPSA) is 96.5 Å². The second-order valence-corrected chi connectivity index (χ2v) is 6.86. The maximum atomic E-state index is 12.7. The van der Waals surface area contributed by atoms with Gasteiger partial charge < -0.3 is 10.1 Å².